The predicted octanol–water partition coefficient (Wildman–Crippen LogP) is 12.5. The SMILES string of the molecule is Cc1ccccc1-c1nc(-c2ccccc2)nc(-c2ccc3c4c(cccc24)-c2c-3c(-c3ccccc3)c3ccccc3c2-c2ccccc2)n1. The molecule has 0 N–H and O–H groups in total. The van der Waals surface area contributed by atoms with Crippen LogP contribution in [0.5, 0.6) is 0 Å². The Balaban J connectivity index is 1.30. The molecular weight excluding hydrogens is 619 g/mol. The van der Waals surface area contributed by atoms with Gasteiger partial charge >= 0.3 is 0 Å². The largest absolute Gasteiger partial charge is 0.208 e. The second kappa shape index (κ2) is 11.7. The number of fused-ring (bicyclic) bond motifs is 4. The fourth-order valence-corrected chi connectivity index (χ4v) is 7.96. The summed E-state index contributed by atoms with van der Waals surface area (Å²) >= 11 is 0. The normalized spacial score (nSPS) is 11.6. The molecule has 0 spiro atoms. The summed E-state index contributed by atoms with van der Waals surface area (Å²) in [6, 6.07) is 60.3. The lowest BCUT2D eigenvalue weighted by atomic mass is 9.82. The molecule has 0 atom stereocenters. The molecule has 1 aromatic heterocycles. The van der Waals surface area contributed by atoms with Gasteiger partial charge in [-0.25, -0.2) is 15.0 Å². The van der Waals surface area contributed by atoms with Crippen molar-refractivity contribution in [1.29, 1.82) is 0 Å². The van der Waals surface area contributed by atoms with E-state index in [0.717, 1.165) is 27.6 Å². The van der Waals surface area contributed by atoms with Gasteiger partial charge in [0.25, 0.3) is 0 Å². The summed E-state index contributed by atoms with van der Waals surface area (Å²) in [5.41, 5.74) is 14.0. The van der Waals surface area contributed by atoms with Gasteiger partial charge in [-0.1, -0.05) is 164 Å². The summed E-state index contributed by atoms with van der Waals surface area (Å²) in [4.78, 5) is 15.4. The van der Waals surface area contributed by atoms with E-state index in [1.807, 2.05) is 24.3 Å². The zero-order valence-electron chi connectivity index (χ0n) is 28.0. The number of rotatable bonds is 5. The molecule has 0 aliphatic heterocycles. The van der Waals surface area contributed by atoms with Crippen molar-refractivity contribution in [3.63, 3.8) is 0 Å². The molecule has 0 saturated heterocycles. The van der Waals surface area contributed by atoms with E-state index in [1.54, 1.807) is 0 Å². The van der Waals surface area contributed by atoms with E-state index in [9.17, 15) is 0 Å². The predicted molar refractivity (Wildman–Crippen MR) is 211 cm³/mol. The molecule has 9 aromatic rings. The molecule has 3 nitrogen and oxygen atoms in total. The standard InChI is InChI=1S/C48H31N3/c1-30-16-11-12-23-34(30)47-49-46(33-21-9-4-10-22-33)50-48(51-47)38-28-29-40-43-37(38)26-15-27-39(43)44-41(31-17-5-2-6-18-31)35-24-13-14-25-36(35)42(45(40)44)32-19-7-3-8-20-32/h2-29H,1H3. The maximum Gasteiger partial charge on any atom is 0.164 e. The highest BCUT2D eigenvalue weighted by Crippen LogP contribution is 2.58. The van der Waals surface area contributed by atoms with Gasteiger partial charge in [0.15, 0.2) is 17.5 Å². The summed E-state index contributed by atoms with van der Waals surface area (Å²) in [5.74, 6) is 2.00. The third-order valence-corrected chi connectivity index (χ3v) is 10.2. The lowest BCUT2D eigenvalue weighted by Gasteiger charge is -2.20. The van der Waals surface area contributed by atoms with Gasteiger partial charge in [0, 0.05) is 16.7 Å². The van der Waals surface area contributed by atoms with Crippen molar-refractivity contribution in [1.82, 2.24) is 15.0 Å². The first kappa shape index (κ1) is 29.2. The van der Waals surface area contributed by atoms with Crippen LogP contribution < -0.4 is 0 Å². The lowest BCUT2D eigenvalue weighted by molar-refractivity contribution is 1.07. The van der Waals surface area contributed by atoms with E-state index in [2.05, 4.69) is 153 Å². The second-order valence-electron chi connectivity index (χ2n) is 13.2. The van der Waals surface area contributed by atoms with Crippen LogP contribution in [0.1, 0.15) is 5.56 Å². The van der Waals surface area contributed by atoms with Crippen molar-refractivity contribution in [2.24, 2.45) is 0 Å². The Morgan fingerprint density at radius 2 is 0.725 bits per heavy atom. The van der Waals surface area contributed by atoms with Gasteiger partial charge in [0.2, 0.25) is 0 Å². The molecule has 0 amide bonds. The first-order chi connectivity index (χ1) is 25.2. The monoisotopic (exact) mass is 649 g/mol. The third-order valence-electron chi connectivity index (χ3n) is 10.2. The maximum absolute atomic E-state index is 5.19. The van der Waals surface area contributed by atoms with E-state index in [4.69, 9.17) is 15.0 Å². The summed E-state index contributed by atoms with van der Waals surface area (Å²) in [5, 5.41) is 4.86. The fourth-order valence-electron chi connectivity index (χ4n) is 7.96. The quantitative estimate of drug-likeness (QED) is 0.186. The number of aryl methyl sites for hydroxylation is 1. The Bertz CT molecular complexity index is 2700. The zero-order valence-corrected chi connectivity index (χ0v) is 28.0. The van der Waals surface area contributed by atoms with Crippen LogP contribution in [0.3, 0.4) is 0 Å². The van der Waals surface area contributed by atoms with Gasteiger partial charge in [-0.15, -0.1) is 0 Å². The molecule has 51 heavy (non-hydrogen) atoms. The van der Waals surface area contributed by atoms with Crippen LogP contribution in [0.4, 0.5) is 0 Å². The summed E-state index contributed by atoms with van der Waals surface area (Å²) in [6.07, 6.45) is 0. The van der Waals surface area contributed by atoms with Crippen LogP contribution in [-0.4, -0.2) is 15.0 Å². The van der Waals surface area contributed by atoms with Crippen molar-refractivity contribution in [3.05, 3.63) is 175 Å². The van der Waals surface area contributed by atoms with Crippen molar-refractivity contribution in [2.75, 3.05) is 0 Å². The maximum atomic E-state index is 5.19. The van der Waals surface area contributed by atoms with Crippen LogP contribution >= 0.6 is 0 Å². The molecule has 8 aromatic carbocycles. The summed E-state index contributed by atoms with van der Waals surface area (Å²) < 4.78 is 0. The molecule has 1 heterocycles. The number of aromatic nitrogens is 3. The molecule has 0 bridgehead atoms. The minimum Gasteiger partial charge on any atom is -0.208 e. The smallest absolute Gasteiger partial charge is 0.164 e. The molecule has 0 fully saturated rings. The van der Waals surface area contributed by atoms with E-state index >= 15 is 0 Å². The topological polar surface area (TPSA) is 38.7 Å². The van der Waals surface area contributed by atoms with Gasteiger partial charge in [0.1, 0.15) is 0 Å². The average Bonchev–Trinajstić information content (AvgIpc) is 3.53. The lowest BCUT2D eigenvalue weighted by Crippen LogP contribution is -2.01. The highest BCUT2D eigenvalue weighted by atomic mass is 15.0. The van der Waals surface area contributed by atoms with Crippen molar-refractivity contribution in [2.45, 2.75) is 6.92 Å². The second-order valence-corrected chi connectivity index (χ2v) is 13.2. The molecule has 0 saturated carbocycles. The van der Waals surface area contributed by atoms with Crippen molar-refractivity contribution >= 4 is 21.5 Å². The molecule has 0 radical (unpaired) electrons. The highest BCUT2D eigenvalue weighted by Gasteiger charge is 2.31. The Labute approximate surface area is 296 Å². The molecule has 1 aliphatic rings. The Hall–Kier alpha value is -6.71. The van der Waals surface area contributed by atoms with Crippen LogP contribution in [0.25, 0.3) is 100 Å². The highest BCUT2D eigenvalue weighted by molar-refractivity contribution is 6.28. The molecule has 3 heteroatoms. The Morgan fingerprint density at radius 1 is 0.294 bits per heavy atom. The number of nitrogens with zero attached hydrogens (tertiary/aromatic N) is 3. The fraction of sp³-hybridized carbons (Fsp3) is 0.0208. The van der Waals surface area contributed by atoms with Crippen molar-refractivity contribution < 1.29 is 0 Å². The minimum absolute atomic E-state index is 0.661. The van der Waals surface area contributed by atoms with Crippen molar-refractivity contribution in [3.8, 4) is 78.7 Å². The van der Waals surface area contributed by atoms with Crippen LogP contribution in [-0.2, 0) is 0 Å². The third kappa shape index (κ3) is 4.63. The molecule has 0 unspecified atom stereocenters. The first-order valence-corrected chi connectivity index (χ1v) is 17.4. The molecule has 238 valence electrons. The minimum atomic E-state index is 0.661. The Kier molecular flexibility index (Phi) is 6.71. The molecule has 10 rings (SSSR count). The zero-order chi connectivity index (χ0) is 33.9. The van der Waals surface area contributed by atoms with E-state index in [0.29, 0.717) is 17.5 Å². The number of hydrogen-bond acceptors (Lipinski definition) is 3. The van der Waals surface area contributed by atoms with Crippen LogP contribution in [0.2, 0.25) is 0 Å². The first-order valence-electron chi connectivity index (χ1n) is 17.4. The van der Waals surface area contributed by atoms with Gasteiger partial charge in [-0.05, 0) is 84.6 Å². The Morgan fingerprint density at radius 3 is 1.33 bits per heavy atom. The molecule has 1 aliphatic carbocycles. The van der Waals surface area contributed by atoms with E-state index in [1.165, 1.54) is 60.7 Å². The van der Waals surface area contributed by atoms with Gasteiger partial charge in [-0.3, -0.25) is 0 Å². The number of benzene rings is 8. The van der Waals surface area contributed by atoms with E-state index in [-0.39, 0.29) is 0 Å². The van der Waals surface area contributed by atoms with Gasteiger partial charge < -0.3 is 0 Å². The number of hydrogen-bond donors (Lipinski definition) is 0. The van der Waals surface area contributed by atoms with Crippen LogP contribution in [0.15, 0.2) is 170 Å². The summed E-state index contributed by atoms with van der Waals surface area (Å²) in [6.45, 7) is 2.11. The van der Waals surface area contributed by atoms with Gasteiger partial charge in [-0.2, -0.15) is 0 Å². The summed E-state index contributed by atoms with van der Waals surface area (Å²) in [7, 11) is 0. The van der Waals surface area contributed by atoms with E-state index < -0.39 is 0 Å². The molecular formula is C48H31N3. The average molecular weight is 650 g/mol. The van der Waals surface area contributed by atoms with Crippen LogP contribution in [0, 0.1) is 6.92 Å². The van der Waals surface area contributed by atoms with Gasteiger partial charge in [0.05, 0.1) is 0 Å².